The molecule has 12 nitrogen and oxygen atoms in total. The molecule has 0 fully saturated rings. The second-order valence-corrected chi connectivity index (χ2v) is 15.1. The zero-order chi connectivity index (χ0) is 43.6. The van der Waals surface area contributed by atoms with Crippen LogP contribution in [-0.4, -0.2) is 86.9 Å². The van der Waals surface area contributed by atoms with Gasteiger partial charge in [-0.2, -0.15) is 0 Å². The summed E-state index contributed by atoms with van der Waals surface area (Å²) in [6.07, 6.45) is 25.1. The van der Waals surface area contributed by atoms with Crippen molar-refractivity contribution >= 4 is 55.7 Å². The van der Waals surface area contributed by atoms with E-state index in [1.165, 1.54) is 153 Å². The summed E-state index contributed by atoms with van der Waals surface area (Å²) in [7, 11) is 6.27. The Morgan fingerprint density at radius 3 is 1.14 bits per heavy atom. The van der Waals surface area contributed by atoms with Crippen molar-refractivity contribution in [2.45, 2.75) is 129 Å². The number of methoxy groups -OCH3 is 5. The summed E-state index contributed by atoms with van der Waals surface area (Å²) in [6, 6.07) is 4.81. The van der Waals surface area contributed by atoms with Gasteiger partial charge in [0.25, 0.3) is 0 Å². The second kappa shape index (κ2) is 35.4. The minimum Gasteiger partial charge on any atom is -0.507 e. The van der Waals surface area contributed by atoms with Gasteiger partial charge >= 0.3 is 23.9 Å². The van der Waals surface area contributed by atoms with Gasteiger partial charge in [0.15, 0.2) is 0 Å². The summed E-state index contributed by atoms with van der Waals surface area (Å²) in [6.45, 7) is 2.72. The zero-order valence-corrected chi connectivity index (χ0v) is 38.8. The van der Waals surface area contributed by atoms with Crippen LogP contribution in [0.2, 0.25) is 0 Å². The lowest BCUT2D eigenvalue weighted by Gasteiger charge is -2.14. The highest BCUT2D eigenvalue weighted by Gasteiger charge is 2.22. The van der Waals surface area contributed by atoms with Crippen molar-refractivity contribution in [2.24, 2.45) is 0 Å². The molecule has 2 aromatic carbocycles. The predicted molar refractivity (Wildman–Crippen MR) is 235 cm³/mol. The summed E-state index contributed by atoms with van der Waals surface area (Å²) in [5.74, 6) is -3.11. The molecule has 0 unspecified atom stereocenters. The van der Waals surface area contributed by atoms with E-state index >= 15 is 0 Å². The lowest BCUT2D eigenvalue weighted by atomic mass is 10.1. The Bertz CT molecular complexity index is 1400. The predicted octanol–water partition coefficient (Wildman–Crippen LogP) is 11.5. The third kappa shape index (κ3) is 23.2. The number of ether oxygens (including phenoxy) is 6. The van der Waals surface area contributed by atoms with Gasteiger partial charge in [-0.1, -0.05) is 142 Å². The summed E-state index contributed by atoms with van der Waals surface area (Å²) >= 11 is 6.91. The second-order valence-electron chi connectivity index (χ2n) is 13.5. The van der Waals surface area contributed by atoms with Gasteiger partial charge in [0.2, 0.25) is 0 Å². The third-order valence-corrected chi connectivity index (χ3v) is 10.2. The SMILES string of the molecule is BrCCCCCCCCCCCBr.CCCCCCCCCCCCOc1cc(OC)c(C(=O)OC)cc1C(=O)OC.COC(=O)c1cc(C(=O)OC)c(O)cc1O. The molecule has 2 rings (SSSR count). The fraction of sp³-hybridized carbons (Fsp3) is 0.636. The van der Waals surface area contributed by atoms with Gasteiger partial charge in [-0.25, -0.2) is 19.2 Å². The first-order chi connectivity index (χ1) is 28.0. The Kier molecular flexibility index (Phi) is 33.3. The smallest absolute Gasteiger partial charge is 0.341 e. The van der Waals surface area contributed by atoms with Gasteiger partial charge in [-0.15, -0.1) is 0 Å². The summed E-state index contributed by atoms with van der Waals surface area (Å²) in [5.41, 5.74) is -0.108. The minimum atomic E-state index is -0.817. The van der Waals surface area contributed by atoms with Gasteiger partial charge in [-0.05, 0) is 31.4 Å². The highest BCUT2D eigenvalue weighted by atomic mass is 79.9. The van der Waals surface area contributed by atoms with E-state index in [-0.39, 0.29) is 22.3 Å². The van der Waals surface area contributed by atoms with Crippen LogP contribution < -0.4 is 9.47 Å². The molecular formula is C44H68Br2O12. The van der Waals surface area contributed by atoms with Crippen LogP contribution in [0.4, 0.5) is 0 Å². The number of carbonyl (C=O) groups is 4. The van der Waals surface area contributed by atoms with Crippen molar-refractivity contribution in [2.75, 3.05) is 52.8 Å². The highest BCUT2D eigenvalue weighted by molar-refractivity contribution is 9.09. The molecule has 58 heavy (non-hydrogen) atoms. The van der Waals surface area contributed by atoms with Crippen LogP contribution in [0.1, 0.15) is 170 Å². The topological polar surface area (TPSA) is 164 Å². The van der Waals surface area contributed by atoms with Gasteiger partial charge in [-0.3, -0.25) is 0 Å². The number of esters is 4. The van der Waals surface area contributed by atoms with Crippen LogP contribution >= 0.6 is 31.9 Å². The maximum Gasteiger partial charge on any atom is 0.341 e. The molecular weight excluding hydrogens is 880 g/mol. The quantitative estimate of drug-likeness (QED) is 0.0377. The number of hydrogen-bond donors (Lipinski definition) is 2. The lowest BCUT2D eigenvalue weighted by Crippen LogP contribution is -2.11. The molecule has 0 saturated carbocycles. The maximum atomic E-state index is 12.1. The number of phenols is 2. The fourth-order valence-electron chi connectivity index (χ4n) is 5.71. The van der Waals surface area contributed by atoms with Crippen LogP contribution in [0.5, 0.6) is 23.0 Å². The first-order valence-corrected chi connectivity index (χ1v) is 22.6. The number of carbonyl (C=O) groups excluding carboxylic acids is 4. The maximum absolute atomic E-state index is 12.1. The molecule has 0 aliphatic carbocycles. The van der Waals surface area contributed by atoms with Crippen LogP contribution in [0.25, 0.3) is 0 Å². The summed E-state index contributed by atoms with van der Waals surface area (Å²) in [4.78, 5) is 46.4. The molecule has 14 heteroatoms. The number of benzene rings is 2. The standard InChI is InChI=1S/C23H36O6.C11H22Br2.C10H10O6/c1-5-6-7-8-9-10-11-12-13-14-15-29-21-17-20(26-2)18(22(24)27-3)16-19(21)23(25)28-4;12-10-8-6-4-2-1-3-5-7-9-11-13;1-15-9(13)5-3-6(10(14)16-2)8(12)4-7(5)11/h16-17H,5-15H2,1-4H3;1-11H2;3-4,11-12H,1-2H3. The number of alkyl halides is 2. The summed E-state index contributed by atoms with van der Waals surface area (Å²) < 4.78 is 29.4. The van der Waals surface area contributed by atoms with Crippen LogP contribution in [-0.2, 0) is 18.9 Å². The Hall–Kier alpha value is -3.52. The first kappa shape index (κ1) is 54.5. The molecule has 0 aromatic heterocycles. The van der Waals surface area contributed by atoms with Crippen molar-refractivity contribution in [1.82, 2.24) is 0 Å². The molecule has 0 aliphatic rings. The van der Waals surface area contributed by atoms with Crippen LogP contribution in [0.3, 0.4) is 0 Å². The third-order valence-electron chi connectivity index (χ3n) is 9.06. The largest absolute Gasteiger partial charge is 0.507 e. The minimum absolute atomic E-state index is 0.154. The molecule has 0 spiro atoms. The van der Waals surface area contributed by atoms with Crippen molar-refractivity contribution in [3.8, 4) is 23.0 Å². The molecule has 0 aliphatic heterocycles. The van der Waals surface area contributed by atoms with Gasteiger partial charge in [0.1, 0.15) is 45.3 Å². The Labute approximate surface area is 363 Å². The van der Waals surface area contributed by atoms with E-state index in [1.807, 2.05) is 0 Å². The number of hydrogen-bond acceptors (Lipinski definition) is 12. The van der Waals surface area contributed by atoms with E-state index in [0.29, 0.717) is 18.1 Å². The molecule has 0 atom stereocenters. The molecule has 0 bridgehead atoms. The molecule has 2 aromatic rings. The number of aromatic hydroxyl groups is 2. The molecule has 0 radical (unpaired) electrons. The molecule has 330 valence electrons. The van der Waals surface area contributed by atoms with Gasteiger partial charge < -0.3 is 38.6 Å². The molecule has 0 saturated heterocycles. The Balaban J connectivity index is 0.000000939. The van der Waals surface area contributed by atoms with E-state index in [4.69, 9.17) is 18.9 Å². The number of rotatable bonds is 27. The van der Waals surface area contributed by atoms with Crippen molar-refractivity contribution in [1.29, 1.82) is 0 Å². The molecule has 0 heterocycles. The monoisotopic (exact) mass is 946 g/mol. The zero-order valence-electron chi connectivity index (χ0n) is 35.6. The van der Waals surface area contributed by atoms with E-state index in [0.717, 1.165) is 39.2 Å². The number of halogens is 2. The lowest BCUT2D eigenvalue weighted by molar-refractivity contribution is 0.0576. The van der Waals surface area contributed by atoms with Crippen molar-refractivity contribution in [3.63, 3.8) is 0 Å². The first-order valence-electron chi connectivity index (χ1n) is 20.4. The molecule has 0 amide bonds. The number of unbranched alkanes of at least 4 members (excludes halogenated alkanes) is 17. The Morgan fingerprint density at radius 2 is 0.776 bits per heavy atom. The van der Waals surface area contributed by atoms with Crippen LogP contribution in [0, 0.1) is 0 Å². The van der Waals surface area contributed by atoms with Gasteiger partial charge in [0.05, 0.1) is 42.2 Å². The average molecular weight is 949 g/mol. The van der Waals surface area contributed by atoms with E-state index in [2.05, 4.69) is 48.3 Å². The Morgan fingerprint density at radius 1 is 0.448 bits per heavy atom. The average Bonchev–Trinajstić information content (AvgIpc) is 3.24. The normalized spacial score (nSPS) is 10.3. The number of phenolic OH excluding ortho intramolecular Hbond substituents is 2. The molecule has 2 N–H and O–H groups in total. The van der Waals surface area contributed by atoms with Gasteiger partial charge in [0, 0.05) is 22.8 Å². The van der Waals surface area contributed by atoms with E-state index in [1.54, 1.807) is 0 Å². The van der Waals surface area contributed by atoms with Crippen molar-refractivity contribution in [3.05, 3.63) is 46.5 Å². The highest BCUT2D eigenvalue weighted by Crippen LogP contribution is 2.31. The van der Waals surface area contributed by atoms with Crippen molar-refractivity contribution < 1.29 is 57.8 Å². The van der Waals surface area contributed by atoms with Crippen LogP contribution in [0.15, 0.2) is 24.3 Å². The fourth-order valence-corrected chi connectivity index (χ4v) is 6.50. The van der Waals surface area contributed by atoms with E-state index < -0.39 is 35.4 Å². The summed E-state index contributed by atoms with van der Waals surface area (Å²) in [5, 5.41) is 21.1. The van der Waals surface area contributed by atoms with E-state index in [9.17, 15) is 29.4 Å².